The Morgan fingerprint density at radius 2 is 2.20 bits per heavy atom. The van der Waals surface area contributed by atoms with Crippen LogP contribution in [0.25, 0.3) is 0 Å². The number of anilines is 1. The summed E-state index contributed by atoms with van der Waals surface area (Å²) in [5.41, 5.74) is -0.211. The van der Waals surface area contributed by atoms with E-state index in [4.69, 9.17) is 5.11 Å². The number of nitrogens with one attached hydrogen (secondary N) is 1. The summed E-state index contributed by atoms with van der Waals surface area (Å²) in [7, 11) is 1.58. The number of carboxylic acid groups (broad SMARTS) is 1. The Hall–Kier alpha value is -2.37. The van der Waals surface area contributed by atoms with Gasteiger partial charge in [0.25, 0.3) is 0 Å². The molecule has 0 bridgehead atoms. The summed E-state index contributed by atoms with van der Waals surface area (Å²) in [5, 5.41) is 11.4. The van der Waals surface area contributed by atoms with Crippen LogP contribution in [0.2, 0.25) is 0 Å². The second-order valence-corrected chi connectivity index (χ2v) is 4.28. The van der Waals surface area contributed by atoms with E-state index in [9.17, 15) is 14.0 Å². The van der Waals surface area contributed by atoms with Crippen LogP contribution in [0, 0.1) is 5.82 Å². The molecule has 108 valence electrons. The first-order chi connectivity index (χ1) is 9.45. The molecule has 0 atom stereocenters. The number of carbonyl (C=O) groups excluding carboxylic acids is 1. The number of rotatable bonds is 6. The second kappa shape index (κ2) is 7.28. The van der Waals surface area contributed by atoms with Crippen LogP contribution in [0.3, 0.4) is 0 Å². The van der Waals surface area contributed by atoms with Gasteiger partial charge in [-0.05, 0) is 31.0 Å². The van der Waals surface area contributed by atoms with Crippen LogP contribution in [-0.4, -0.2) is 35.6 Å². The number of hydrogen-bond donors (Lipinski definition) is 2. The highest BCUT2D eigenvalue weighted by Crippen LogP contribution is 2.17. The maximum atomic E-state index is 13.1. The maximum Gasteiger partial charge on any atom is 0.337 e. The SMILES string of the molecule is C=CCCCN(C)C(=O)Nc1cc(F)ccc1C(=O)O. The molecule has 0 heterocycles. The van der Waals surface area contributed by atoms with Crippen LogP contribution < -0.4 is 5.32 Å². The van der Waals surface area contributed by atoms with Crippen molar-refractivity contribution in [1.29, 1.82) is 0 Å². The van der Waals surface area contributed by atoms with Crippen molar-refractivity contribution in [1.82, 2.24) is 4.90 Å². The van der Waals surface area contributed by atoms with Gasteiger partial charge >= 0.3 is 12.0 Å². The van der Waals surface area contributed by atoms with E-state index in [0.717, 1.165) is 31.0 Å². The van der Waals surface area contributed by atoms with Gasteiger partial charge in [0.2, 0.25) is 0 Å². The average molecular weight is 280 g/mol. The molecule has 0 aromatic heterocycles. The van der Waals surface area contributed by atoms with Gasteiger partial charge in [-0.15, -0.1) is 6.58 Å². The lowest BCUT2D eigenvalue weighted by atomic mass is 10.2. The Labute approximate surface area is 116 Å². The van der Waals surface area contributed by atoms with Crippen molar-refractivity contribution in [2.75, 3.05) is 18.9 Å². The Morgan fingerprint density at radius 1 is 1.50 bits per heavy atom. The van der Waals surface area contributed by atoms with Crippen molar-refractivity contribution in [2.24, 2.45) is 0 Å². The molecule has 0 aliphatic heterocycles. The van der Waals surface area contributed by atoms with Gasteiger partial charge in [-0.25, -0.2) is 14.0 Å². The third-order valence-corrected chi connectivity index (χ3v) is 2.70. The number of urea groups is 1. The zero-order valence-electron chi connectivity index (χ0n) is 11.2. The van der Waals surface area contributed by atoms with Crippen molar-refractivity contribution in [3.63, 3.8) is 0 Å². The highest BCUT2D eigenvalue weighted by atomic mass is 19.1. The van der Waals surface area contributed by atoms with Gasteiger partial charge in [-0.2, -0.15) is 0 Å². The third kappa shape index (κ3) is 4.38. The highest BCUT2D eigenvalue weighted by Gasteiger charge is 2.15. The predicted molar refractivity (Wildman–Crippen MR) is 74.4 cm³/mol. The normalized spacial score (nSPS) is 9.90. The largest absolute Gasteiger partial charge is 0.478 e. The summed E-state index contributed by atoms with van der Waals surface area (Å²) in [6.45, 7) is 4.08. The summed E-state index contributed by atoms with van der Waals surface area (Å²) in [5.74, 6) is -1.84. The number of carboxylic acids is 1. The zero-order valence-corrected chi connectivity index (χ0v) is 11.2. The van der Waals surface area contributed by atoms with Crippen LogP contribution >= 0.6 is 0 Å². The van der Waals surface area contributed by atoms with Crippen LogP contribution in [0.4, 0.5) is 14.9 Å². The number of unbranched alkanes of at least 4 members (excludes halogenated alkanes) is 1. The number of allylic oxidation sites excluding steroid dienone is 1. The quantitative estimate of drug-likeness (QED) is 0.621. The molecule has 1 aromatic rings. The van der Waals surface area contributed by atoms with Gasteiger partial charge < -0.3 is 15.3 Å². The van der Waals surface area contributed by atoms with Gasteiger partial charge in [0.05, 0.1) is 11.3 Å². The minimum Gasteiger partial charge on any atom is -0.478 e. The molecule has 0 aliphatic rings. The number of carbonyl (C=O) groups is 2. The van der Waals surface area contributed by atoms with E-state index in [0.29, 0.717) is 6.54 Å². The second-order valence-electron chi connectivity index (χ2n) is 4.28. The summed E-state index contributed by atoms with van der Waals surface area (Å²) in [6, 6.07) is 2.65. The van der Waals surface area contributed by atoms with E-state index in [2.05, 4.69) is 11.9 Å². The predicted octanol–water partition coefficient (Wildman–Crippen LogP) is 2.95. The molecular formula is C14H17FN2O3. The van der Waals surface area contributed by atoms with Gasteiger partial charge in [0.15, 0.2) is 0 Å². The highest BCUT2D eigenvalue weighted by molar-refractivity contribution is 5.99. The van der Waals surface area contributed by atoms with Gasteiger partial charge in [-0.3, -0.25) is 0 Å². The molecule has 0 saturated carbocycles. The third-order valence-electron chi connectivity index (χ3n) is 2.70. The Kier molecular flexibility index (Phi) is 5.71. The van der Waals surface area contributed by atoms with Crippen LogP contribution in [0.1, 0.15) is 23.2 Å². The minimum absolute atomic E-state index is 0.0573. The van der Waals surface area contributed by atoms with E-state index in [1.165, 1.54) is 4.90 Å². The number of nitrogens with zero attached hydrogens (tertiary/aromatic N) is 1. The lowest BCUT2D eigenvalue weighted by Crippen LogP contribution is -2.32. The number of hydrogen-bond acceptors (Lipinski definition) is 2. The standard InChI is InChI=1S/C14H17FN2O3/c1-3-4-5-8-17(2)14(20)16-12-9-10(15)6-7-11(12)13(18)19/h3,6-7,9H,1,4-5,8H2,2H3,(H,16,20)(H,18,19). The van der Waals surface area contributed by atoms with Gasteiger partial charge in [0, 0.05) is 13.6 Å². The van der Waals surface area contributed by atoms with Crippen molar-refractivity contribution < 1.29 is 19.1 Å². The van der Waals surface area contributed by atoms with E-state index < -0.39 is 17.8 Å². The first kappa shape index (κ1) is 15.7. The molecule has 6 heteroatoms. The Bertz CT molecular complexity index is 517. The summed E-state index contributed by atoms with van der Waals surface area (Å²) >= 11 is 0. The number of aromatic carboxylic acids is 1. The molecule has 0 saturated heterocycles. The average Bonchev–Trinajstić information content (AvgIpc) is 2.38. The molecule has 20 heavy (non-hydrogen) atoms. The fraction of sp³-hybridized carbons (Fsp3) is 0.286. The molecule has 0 unspecified atom stereocenters. The summed E-state index contributed by atoms with van der Waals surface area (Å²) < 4.78 is 13.1. The Balaban J connectivity index is 2.76. The van der Waals surface area contributed by atoms with E-state index in [-0.39, 0.29) is 11.3 Å². The Morgan fingerprint density at radius 3 is 2.80 bits per heavy atom. The lowest BCUT2D eigenvalue weighted by Gasteiger charge is -2.18. The molecule has 0 radical (unpaired) electrons. The fourth-order valence-electron chi connectivity index (χ4n) is 1.59. The minimum atomic E-state index is -1.23. The van der Waals surface area contributed by atoms with Crippen molar-refractivity contribution >= 4 is 17.7 Å². The van der Waals surface area contributed by atoms with Crippen molar-refractivity contribution in [2.45, 2.75) is 12.8 Å². The topological polar surface area (TPSA) is 69.6 Å². The molecule has 2 amide bonds. The lowest BCUT2D eigenvalue weighted by molar-refractivity contribution is 0.0698. The molecule has 0 spiro atoms. The monoisotopic (exact) mass is 280 g/mol. The first-order valence-electron chi connectivity index (χ1n) is 6.11. The van der Waals surface area contributed by atoms with E-state index >= 15 is 0 Å². The molecule has 0 aliphatic carbocycles. The van der Waals surface area contributed by atoms with Crippen molar-refractivity contribution in [3.05, 3.63) is 42.2 Å². The molecule has 2 N–H and O–H groups in total. The van der Waals surface area contributed by atoms with Crippen LogP contribution in [-0.2, 0) is 0 Å². The van der Waals surface area contributed by atoms with Crippen LogP contribution in [0.15, 0.2) is 30.9 Å². The smallest absolute Gasteiger partial charge is 0.337 e. The molecule has 5 nitrogen and oxygen atoms in total. The summed E-state index contributed by atoms with van der Waals surface area (Å²) in [4.78, 5) is 24.3. The maximum absolute atomic E-state index is 13.1. The number of amides is 2. The zero-order chi connectivity index (χ0) is 15.1. The first-order valence-corrected chi connectivity index (χ1v) is 6.11. The van der Waals surface area contributed by atoms with Crippen LogP contribution in [0.5, 0.6) is 0 Å². The van der Waals surface area contributed by atoms with Gasteiger partial charge in [-0.1, -0.05) is 6.08 Å². The molecule has 1 aromatic carbocycles. The molecule has 0 fully saturated rings. The van der Waals surface area contributed by atoms with E-state index in [1.54, 1.807) is 13.1 Å². The molecule has 1 rings (SSSR count). The van der Waals surface area contributed by atoms with Gasteiger partial charge in [0.1, 0.15) is 5.82 Å². The molecular weight excluding hydrogens is 263 g/mol. The number of halogens is 1. The number of benzene rings is 1. The van der Waals surface area contributed by atoms with Crippen molar-refractivity contribution in [3.8, 4) is 0 Å². The fourth-order valence-corrected chi connectivity index (χ4v) is 1.59. The summed E-state index contributed by atoms with van der Waals surface area (Å²) in [6.07, 6.45) is 3.28. The van der Waals surface area contributed by atoms with E-state index in [1.807, 2.05) is 0 Å².